The lowest BCUT2D eigenvalue weighted by Gasteiger charge is -2.31. The monoisotopic (exact) mass is 278 g/mol. The van der Waals surface area contributed by atoms with E-state index in [1.54, 1.807) is 0 Å². The van der Waals surface area contributed by atoms with Gasteiger partial charge < -0.3 is 14.2 Å². The SMILES string of the molecule is COC(=O)C[C@H](O[C@@H]1CCC[C@H](C)O1)c1ccccc1. The van der Waals surface area contributed by atoms with E-state index in [0.717, 1.165) is 24.8 Å². The molecular formula is C16H22O4. The molecule has 4 nitrogen and oxygen atoms in total. The van der Waals surface area contributed by atoms with Crippen molar-refractivity contribution in [1.82, 2.24) is 0 Å². The maximum atomic E-state index is 11.6. The van der Waals surface area contributed by atoms with Crippen molar-refractivity contribution in [2.75, 3.05) is 7.11 Å². The number of rotatable bonds is 5. The van der Waals surface area contributed by atoms with Crippen LogP contribution in [-0.4, -0.2) is 25.5 Å². The summed E-state index contributed by atoms with van der Waals surface area (Å²) in [6.45, 7) is 2.05. The first-order valence-corrected chi connectivity index (χ1v) is 7.11. The summed E-state index contributed by atoms with van der Waals surface area (Å²) in [6, 6.07) is 9.73. The highest BCUT2D eigenvalue weighted by Gasteiger charge is 2.25. The predicted molar refractivity (Wildman–Crippen MR) is 75.1 cm³/mol. The van der Waals surface area contributed by atoms with E-state index in [1.807, 2.05) is 37.3 Å². The molecule has 0 aromatic heterocycles. The van der Waals surface area contributed by atoms with Crippen LogP contribution >= 0.6 is 0 Å². The molecular weight excluding hydrogens is 256 g/mol. The van der Waals surface area contributed by atoms with Gasteiger partial charge in [-0.05, 0) is 31.7 Å². The Kier molecular flexibility index (Phi) is 5.56. The molecule has 110 valence electrons. The molecule has 1 aliphatic rings. The van der Waals surface area contributed by atoms with Crippen LogP contribution in [0.3, 0.4) is 0 Å². The van der Waals surface area contributed by atoms with E-state index in [2.05, 4.69) is 0 Å². The number of hydrogen-bond donors (Lipinski definition) is 0. The Morgan fingerprint density at radius 3 is 2.75 bits per heavy atom. The average molecular weight is 278 g/mol. The summed E-state index contributed by atoms with van der Waals surface area (Å²) in [5.41, 5.74) is 0.972. The van der Waals surface area contributed by atoms with Gasteiger partial charge in [-0.15, -0.1) is 0 Å². The predicted octanol–water partition coefficient (Wildman–Crippen LogP) is 3.22. The fraction of sp³-hybridized carbons (Fsp3) is 0.562. The summed E-state index contributed by atoms with van der Waals surface area (Å²) in [6.07, 6.45) is 2.87. The van der Waals surface area contributed by atoms with Crippen molar-refractivity contribution in [1.29, 1.82) is 0 Å². The Labute approximate surface area is 120 Å². The molecule has 0 amide bonds. The topological polar surface area (TPSA) is 44.8 Å². The molecule has 4 heteroatoms. The Bertz CT molecular complexity index is 418. The Morgan fingerprint density at radius 1 is 1.35 bits per heavy atom. The van der Waals surface area contributed by atoms with E-state index < -0.39 is 0 Å². The molecule has 2 rings (SSSR count). The van der Waals surface area contributed by atoms with Crippen molar-refractivity contribution in [3.8, 4) is 0 Å². The van der Waals surface area contributed by atoms with Crippen molar-refractivity contribution in [3.05, 3.63) is 35.9 Å². The number of carbonyl (C=O) groups is 1. The minimum atomic E-state index is -0.320. The minimum Gasteiger partial charge on any atom is -0.469 e. The Hall–Kier alpha value is -1.39. The first-order valence-electron chi connectivity index (χ1n) is 7.11. The number of ether oxygens (including phenoxy) is 3. The molecule has 1 aromatic carbocycles. The second-order valence-corrected chi connectivity index (χ2v) is 5.12. The molecule has 0 radical (unpaired) electrons. The van der Waals surface area contributed by atoms with E-state index in [4.69, 9.17) is 14.2 Å². The maximum Gasteiger partial charge on any atom is 0.308 e. The summed E-state index contributed by atoms with van der Waals surface area (Å²) < 4.78 is 16.5. The number of methoxy groups -OCH3 is 1. The first kappa shape index (κ1) is 15.0. The Morgan fingerprint density at radius 2 is 2.10 bits per heavy atom. The van der Waals surface area contributed by atoms with E-state index in [-0.39, 0.29) is 30.9 Å². The van der Waals surface area contributed by atoms with Crippen LogP contribution in [0.4, 0.5) is 0 Å². The van der Waals surface area contributed by atoms with Gasteiger partial charge in [-0.3, -0.25) is 4.79 Å². The molecule has 0 saturated carbocycles. The van der Waals surface area contributed by atoms with Crippen LogP contribution < -0.4 is 0 Å². The van der Waals surface area contributed by atoms with Crippen molar-refractivity contribution in [2.45, 2.75) is 51.1 Å². The molecule has 0 spiro atoms. The van der Waals surface area contributed by atoms with E-state index in [0.29, 0.717) is 0 Å². The summed E-state index contributed by atoms with van der Waals surface area (Å²) in [7, 11) is 1.39. The van der Waals surface area contributed by atoms with Gasteiger partial charge in [0.05, 0.1) is 25.7 Å². The van der Waals surface area contributed by atoms with Gasteiger partial charge in [0.15, 0.2) is 6.29 Å². The number of benzene rings is 1. The second-order valence-electron chi connectivity index (χ2n) is 5.12. The molecule has 3 atom stereocenters. The van der Waals surface area contributed by atoms with Gasteiger partial charge >= 0.3 is 5.97 Å². The lowest BCUT2D eigenvalue weighted by molar-refractivity contribution is -0.215. The van der Waals surface area contributed by atoms with E-state index >= 15 is 0 Å². The third kappa shape index (κ3) is 4.32. The van der Waals surface area contributed by atoms with Crippen LogP contribution in [0.25, 0.3) is 0 Å². The van der Waals surface area contributed by atoms with Crippen LogP contribution in [0.1, 0.15) is 44.3 Å². The van der Waals surface area contributed by atoms with Crippen LogP contribution in [0.5, 0.6) is 0 Å². The number of hydrogen-bond acceptors (Lipinski definition) is 4. The average Bonchev–Trinajstić information content (AvgIpc) is 2.47. The van der Waals surface area contributed by atoms with Crippen molar-refractivity contribution in [3.63, 3.8) is 0 Å². The molecule has 0 N–H and O–H groups in total. The minimum absolute atomic E-state index is 0.203. The zero-order valence-corrected chi connectivity index (χ0v) is 12.1. The maximum absolute atomic E-state index is 11.6. The van der Waals surface area contributed by atoms with Crippen LogP contribution in [0.15, 0.2) is 30.3 Å². The summed E-state index contributed by atoms with van der Waals surface area (Å²) in [5.74, 6) is -0.275. The summed E-state index contributed by atoms with van der Waals surface area (Å²) in [4.78, 5) is 11.6. The standard InChI is InChI=1S/C16H22O4/c1-12-7-6-10-16(19-12)20-14(11-15(17)18-2)13-8-4-3-5-9-13/h3-5,8-9,12,14,16H,6-7,10-11H2,1-2H3/t12-,14-,16+/m0/s1. The molecule has 1 heterocycles. The van der Waals surface area contributed by atoms with Gasteiger partial charge in [-0.2, -0.15) is 0 Å². The second kappa shape index (κ2) is 7.41. The van der Waals surface area contributed by atoms with Crippen LogP contribution in [0, 0.1) is 0 Å². The van der Waals surface area contributed by atoms with Crippen LogP contribution in [-0.2, 0) is 19.0 Å². The van der Waals surface area contributed by atoms with Crippen molar-refractivity contribution >= 4 is 5.97 Å². The highest BCUT2D eigenvalue weighted by atomic mass is 16.7. The van der Waals surface area contributed by atoms with Gasteiger partial charge in [-0.1, -0.05) is 30.3 Å². The molecule has 20 heavy (non-hydrogen) atoms. The normalized spacial score (nSPS) is 24.1. The van der Waals surface area contributed by atoms with E-state index in [1.165, 1.54) is 7.11 Å². The fourth-order valence-corrected chi connectivity index (χ4v) is 2.40. The smallest absolute Gasteiger partial charge is 0.308 e. The lowest BCUT2D eigenvalue weighted by Crippen LogP contribution is -2.29. The zero-order chi connectivity index (χ0) is 14.4. The molecule has 1 saturated heterocycles. The van der Waals surface area contributed by atoms with Crippen molar-refractivity contribution < 1.29 is 19.0 Å². The van der Waals surface area contributed by atoms with Gasteiger partial charge in [0, 0.05) is 0 Å². The van der Waals surface area contributed by atoms with Gasteiger partial charge in [-0.25, -0.2) is 0 Å². The van der Waals surface area contributed by atoms with Crippen molar-refractivity contribution in [2.24, 2.45) is 0 Å². The van der Waals surface area contributed by atoms with E-state index in [9.17, 15) is 4.79 Å². The van der Waals surface area contributed by atoms with Gasteiger partial charge in [0.1, 0.15) is 0 Å². The van der Waals surface area contributed by atoms with Crippen LogP contribution in [0.2, 0.25) is 0 Å². The highest BCUT2D eigenvalue weighted by Crippen LogP contribution is 2.28. The molecule has 0 bridgehead atoms. The summed E-state index contributed by atoms with van der Waals surface area (Å²) in [5, 5.41) is 0. The quantitative estimate of drug-likeness (QED) is 0.776. The fourth-order valence-electron chi connectivity index (χ4n) is 2.40. The lowest BCUT2D eigenvalue weighted by atomic mass is 10.1. The molecule has 1 aromatic rings. The molecule has 0 unspecified atom stereocenters. The third-order valence-electron chi connectivity index (χ3n) is 3.50. The van der Waals surface area contributed by atoms with Gasteiger partial charge in [0.25, 0.3) is 0 Å². The number of carbonyl (C=O) groups excluding carboxylic acids is 1. The first-order chi connectivity index (χ1) is 9.69. The molecule has 0 aliphatic carbocycles. The Balaban J connectivity index is 2.04. The zero-order valence-electron chi connectivity index (χ0n) is 12.1. The largest absolute Gasteiger partial charge is 0.469 e. The molecule has 1 fully saturated rings. The summed E-state index contributed by atoms with van der Waals surface area (Å²) >= 11 is 0. The third-order valence-corrected chi connectivity index (χ3v) is 3.50. The number of esters is 1. The van der Waals surface area contributed by atoms with Gasteiger partial charge in [0.2, 0.25) is 0 Å². The highest BCUT2D eigenvalue weighted by molar-refractivity contribution is 5.70. The molecule has 1 aliphatic heterocycles.